The van der Waals surface area contributed by atoms with Gasteiger partial charge in [0.15, 0.2) is 10.8 Å². The molecule has 3 N–H and O–H groups in total. The second kappa shape index (κ2) is 17.3. The molecular weight excluding hydrogens is 773 g/mol. The number of aliphatic carboxylic acids is 1. The first-order chi connectivity index (χ1) is 26.6. The van der Waals surface area contributed by atoms with Crippen LogP contribution in [0.2, 0.25) is 4.34 Å². The molecule has 0 radical (unpaired) electrons. The molecule has 2 aliphatic rings. The molecule has 1 saturated heterocycles. The van der Waals surface area contributed by atoms with Crippen molar-refractivity contribution in [3.8, 4) is 0 Å². The predicted molar refractivity (Wildman–Crippen MR) is 204 cm³/mol. The van der Waals surface area contributed by atoms with Gasteiger partial charge in [-0.1, -0.05) is 126 Å². The smallest absolute Gasteiger partial charge is 0.415 e. The number of ether oxygens (including phenoxy) is 1. The summed E-state index contributed by atoms with van der Waals surface area (Å²) in [5.41, 5.74) is -0.308. The van der Waals surface area contributed by atoms with E-state index in [0.29, 0.717) is 29.4 Å². The number of anilines is 1. The molecule has 1 unspecified atom stereocenters. The molecule has 55 heavy (non-hydrogen) atoms. The van der Waals surface area contributed by atoms with E-state index in [4.69, 9.17) is 21.2 Å². The third-order valence-electron chi connectivity index (χ3n) is 8.67. The second-order valence-corrected chi connectivity index (χ2v) is 14.9. The van der Waals surface area contributed by atoms with Gasteiger partial charge in [-0.05, 0) is 12.0 Å². The summed E-state index contributed by atoms with van der Waals surface area (Å²) in [4.78, 5) is 75.6. The molecule has 0 aliphatic carbocycles. The van der Waals surface area contributed by atoms with Crippen LogP contribution in [0.15, 0.2) is 107 Å². The Balaban J connectivity index is 1.42. The molecule has 4 aromatic rings. The molecule has 0 bridgehead atoms. The normalized spacial score (nSPS) is 17.4. The van der Waals surface area contributed by atoms with Crippen LogP contribution in [0, 0.1) is 0 Å². The molecule has 3 atom stereocenters. The number of carboxylic acid groups (broad SMARTS) is 1. The van der Waals surface area contributed by atoms with Crippen molar-refractivity contribution in [3.05, 3.63) is 129 Å². The predicted octanol–water partition coefficient (Wildman–Crippen LogP) is 6.48. The maximum absolute atomic E-state index is 14.3. The number of fused-ring (bicyclic) bond motifs is 1. The van der Waals surface area contributed by atoms with Gasteiger partial charge in [-0.2, -0.15) is 0 Å². The second-order valence-electron chi connectivity index (χ2n) is 12.2. The number of nitrogens with zero attached hydrogens (tertiary/aromatic N) is 3. The van der Waals surface area contributed by atoms with Gasteiger partial charge in [0, 0.05) is 35.3 Å². The SMILES string of the molecule is CCCC(F)OC(=O)Nc1nc(C(=NOC(c2ccccc2)(c2ccccc2)c2ccccc2)C(=O)N[C@@H]2C(=O)N3C(C(=O)O)=C(CC=O)CS[C@H]23)c(Cl)s1. The van der Waals surface area contributed by atoms with E-state index in [1.54, 1.807) is 6.92 Å². The summed E-state index contributed by atoms with van der Waals surface area (Å²) >= 11 is 8.57. The highest BCUT2D eigenvalue weighted by Gasteiger charge is 2.54. The van der Waals surface area contributed by atoms with Gasteiger partial charge in [-0.15, -0.1) is 11.8 Å². The summed E-state index contributed by atoms with van der Waals surface area (Å²) in [6, 6.07) is 26.3. The number of nitrogens with one attached hydrogen (secondary N) is 2. The van der Waals surface area contributed by atoms with Crippen molar-refractivity contribution in [2.45, 2.75) is 49.6 Å². The van der Waals surface area contributed by atoms with E-state index in [1.807, 2.05) is 91.0 Å². The van der Waals surface area contributed by atoms with Crippen LogP contribution >= 0.6 is 34.7 Å². The minimum Gasteiger partial charge on any atom is -0.477 e. The van der Waals surface area contributed by atoms with Crippen molar-refractivity contribution in [1.82, 2.24) is 15.2 Å². The number of alkyl halides is 1. The molecule has 1 fully saturated rings. The highest BCUT2D eigenvalue weighted by Crippen LogP contribution is 2.43. The first-order valence-electron chi connectivity index (χ1n) is 16.9. The van der Waals surface area contributed by atoms with Crippen LogP contribution in [0.25, 0.3) is 0 Å². The number of β-lactam (4-membered cyclic amide) rings is 1. The third kappa shape index (κ3) is 8.11. The van der Waals surface area contributed by atoms with Gasteiger partial charge in [-0.3, -0.25) is 19.8 Å². The average Bonchev–Trinajstić information content (AvgIpc) is 3.54. The molecule has 0 spiro atoms. The van der Waals surface area contributed by atoms with E-state index in [1.165, 1.54) is 11.8 Å². The number of benzene rings is 3. The Morgan fingerprint density at radius 3 is 2.16 bits per heavy atom. The first kappa shape index (κ1) is 39.1. The molecule has 284 valence electrons. The third-order valence-corrected chi connectivity index (χ3v) is 11.2. The maximum atomic E-state index is 14.3. The van der Waals surface area contributed by atoms with E-state index < -0.39 is 53.0 Å². The molecular formula is C38H33ClFN5O8S2. The number of thioether (sulfide) groups is 1. The van der Waals surface area contributed by atoms with Crippen molar-refractivity contribution < 1.29 is 43.0 Å². The fourth-order valence-corrected chi connectivity index (χ4v) is 8.55. The van der Waals surface area contributed by atoms with Crippen molar-refractivity contribution in [3.63, 3.8) is 0 Å². The lowest BCUT2D eigenvalue weighted by Gasteiger charge is -2.49. The number of aldehydes is 1. The van der Waals surface area contributed by atoms with Crippen LogP contribution in [-0.4, -0.2) is 74.4 Å². The number of thiazole rings is 1. The Morgan fingerprint density at radius 1 is 1.05 bits per heavy atom. The molecule has 13 nitrogen and oxygen atoms in total. The summed E-state index contributed by atoms with van der Waals surface area (Å²) in [6.45, 7) is 1.73. The zero-order valence-corrected chi connectivity index (χ0v) is 31.4. The highest BCUT2D eigenvalue weighted by molar-refractivity contribution is 8.00. The van der Waals surface area contributed by atoms with Gasteiger partial charge >= 0.3 is 12.1 Å². The van der Waals surface area contributed by atoms with Crippen LogP contribution in [0.4, 0.5) is 14.3 Å². The number of carboxylic acids is 1. The van der Waals surface area contributed by atoms with Gasteiger partial charge in [0.2, 0.25) is 12.0 Å². The molecule has 3 aromatic carbocycles. The van der Waals surface area contributed by atoms with Crippen LogP contribution < -0.4 is 10.6 Å². The molecule has 3 heterocycles. The van der Waals surface area contributed by atoms with Crippen molar-refractivity contribution >= 4 is 75.7 Å². The number of rotatable bonds is 15. The lowest BCUT2D eigenvalue weighted by Crippen LogP contribution is -2.71. The zero-order valence-electron chi connectivity index (χ0n) is 29.0. The topological polar surface area (TPSA) is 177 Å². The molecule has 3 amide bonds. The lowest BCUT2D eigenvalue weighted by molar-refractivity contribution is -0.150. The van der Waals surface area contributed by atoms with Gasteiger partial charge in [0.25, 0.3) is 11.8 Å². The van der Waals surface area contributed by atoms with Crippen molar-refractivity contribution in [2.75, 3.05) is 11.1 Å². The van der Waals surface area contributed by atoms with Gasteiger partial charge in [0.05, 0.1) is 0 Å². The van der Waals surface area contributed by atoms with Crippen molar-refractivity contribution in [2.24, 2.45) is 5.16 Å². The van der Waals surface area contributed by atoms with Crippen LogP contribution in [-0.2, 0) is 34.4 Å². The van der Waals surface area contributed by atoms with Crippen molar-refractivity contribution in [1.29, 1.82) is 0 Å². The summed E-state index contributed by atoms with van der Waals surface area (Å²) in [7, 11) is 0. The highest BCUT2D eigenvalue weighted by atomic mass is 35.5. The number of carbonyl (C=O) groups is 5. The summed E-state index contributed by atoms with van der Waals surface area (Å²) in [6.07, 6.45) is -2.19. The number of hydrogen-bond donors (Lipinski definition) is 3. The maximum Gasteiger partial charge on any atom is 0.415 e. The van der Waals surface area contributed by atoms with Crippen LogP contribution in [0.3, 0.4) is 0 Å². The largest absolute Gasteiger partial charge is 0.477 e. The van der Waals surface area contributed by atoms with E-state index in [2.05, 4.69) is 20.8 Å². The summed E-state index contributed by atoms with van der Waals surface area (Å²) < 4.78 is 18.7. The Morgan fingerprint density at radius 2 is 1.64 bits per heavy atom. The number of carbonyl (C=O) groups excluding carboxylic acids is 4. The molecule has 17 heteroatoms. The Labute approximate surface area is 327 Å². The molecule has 6 rings (SSSR count). The van der Waals surface area contributed by atoms with Gasteiger partial charge in [0.1, 0.15) is 33.4 Å². The summed E-state index contributed by atoms with van der Waals surface area (Å²) in [5, 5.41) is 18.3. The van der Waals surface area contributed by atoms with Gasteiger partial charge < -0.3 is 24.8 Å². The number of hydrogen-bond acceptors (Lipinski definition) is 11. The van der Waals surface area contributed by atoms with Crippen LogP contribution in [0.5, 0.6) is 0 Å². The Hall–Kier alpha value is -5.58. The minimum absolute atomic E-state index is 0.0175. The number of amides is 3. The monoisotopic (exact) mass is 805 g/mol. The number of halogens is 2. The van der Waals surface area contributed by atoms with Gasteiger partial charge in [-0.25, -0.2) is 19.0 Å². The molecule has 2 aliphatic heterocycles. The fraction of sp³-hybridized carbons (Fsp3) is 0.237. The fourth-order valence-electron chi connectivity index (χ4n) is 6.15. The number of aromatic nitrogens is 1. The zero-order chi connectivity index (χ0) is 39.1. The van der Waals surface area contributed by atoms with Crippen LogP contribution in [0.1, 0.15) is 48.6 Å². The Bertz CT molecular complexity index is 2040. The first-order valence-corrected chi connectivity index (χ1v) is 19.2. The summed E-state index contributed by atoms with van der Waals surface area (Å²) in [5.74, 6) is -2.92. The average molecular weight is 806 g/mol. The molecule has 1 aromatic heterocycles. The lowest BCUT2D eigenvalue weighted by atomic mass is 9.80. The minimum atomic E-state index is -1.86. The standard InChI is InChI=1S/C38H33ClFN5O8S2/c1-2-12-26(40)52-37(51)43-36-42-27(31(39)55-36)28(32(47)41-29-33(48)45-30(35(49)50)22(19-20-46)21-54-34(29)45)44-53-38(23-13-6-3-7-14-23,24-15-8-4-9-16-24)25-17-10-5-11-18-25/h3-11,13-18,20,26,29,34H,2,12,19,21H2,1H3,(H,41,47)(H,49,50)(H,42,43,51)/t26?,29-,34-/m1/s1. The van der Waals surface area contributed by atoms with E-state index >= 15 is 0 Å². The molecule has 0 saturated carbocycles. The number of oxime groups is 1. The Kier molecular flexibility index (Phi) is 12.3. The van der Waals surface area contributed by atoms with E-state index in [-0.39, 0.29) is 45.0 Å². The van der Waals surface area contributed by atoms with E-state index in [9.17, 15) is 33.5 Å². The quantitative estimate of drug-likeness (QED) is 0.0396. The van der Waals surface area contributed by atoms with E-state index in [0.717, 1.165) is 16.2 Å².